The SMILES string of the molecule is CC(C)CNC(=O)CN1C(=O)CSC(c2ccc(F)cc2F)c2c(C(C)(C)C)nn(-c3ccc(F)cc3)c21. The van der Waals surface area contributed by atoms with Crippen LogP contribution < -0.4 is 10.2 Å². The molecule has 0 aliphatic carbocycles. The number of rotatable bonds is 6. The third kappa shape index (κ3) is 5.75. The standard InChI is InChI=1S/C28H31F3N4O2S/c1-16(2)13-32-22(36)14-34-23(37)15-38-25(20-11-8-18(30)12-21(20)31)24-26(28(3,4)5)33-35(27(24)34)19-9-6-17(29)7-10-19/h6-12,16,25H,13-15H2,1-5H3,(H,32,36). The molecular formula is C28H31F3N4O2S. The van der Waals surface area contributed by atoms with E-state index in [1.165, 1.54) is 57.7 Å². The van der Waals surface area contributed by atoms with Crippen LogP contribution in [0.25, 0.3) is 5.69 Å². The van der Waals surface area contributed by atoms with Gasteiger partial charge in [-0.05, 0) is 36.2 Å². The quantitative estimate of drug-likeness (QED) is 0.443. The van der Waals surface area contributed by atoms with E-state index in [2.05, 4.69) is 5.32 Å². The molecular weight excluding hydrogens is 513 g/mol. The minimum absolute atomic E-state index is 0.0410. The summed E-state index contributed by atoms with van der Waals surface area (Å²) in [5.41, 5.74) is 1.27. The van der Waals surface area contributed by atoms with Crippen LogP contribution in [0, 0.1) is 23.4 Å². The summed E-state index contributed by atoms with van der Waals surface area (Å²) < 4.78 is 44.3. The van der Waals surface area contributed by atoms with Gasteiger partial charge in [-0.2, -0.15) is 5.10 Å². The van der Waals surface area contributed by atoms with Gasteiger partial charge in [0.1, 0.15) is 29.8 Å². The van der Waals surface area contributed by atoms with Crippen LogP contribution in [0.4, 0.5) is 19.0 Å². The van der Waals surface area contributed by atoms with Crippen LogP contribution in [-0.2, 0) is 15.0 Å². The zero-order valence-corrected chi connectivity index (χ0v) is 22.8. The van der Waals surface area contributed by atoms with Gasteiger partial charge in [0.2, 0.25) is 11.8 Å². The Morgan fingerprint density at radius 1 is 1.11 bits per heavy atom. The monoisotopic (exact) mass is 544 g/mol. The van der Waals surface area contributed by atoms with Crippen molar-refractivity contribution in [2.75, 3.05) is 23.7 Å². The van der Waals surface area contributed by atoms with E-state index in [0.29, 0.717) is 29.3 Å². The Bertz CT molecular complexity index is 1350. The van der Waals surface area contributed by atoms with Gasteiger partial charge in [-0.1, -0.05) is 40.7 Å². The zero-order chi connectivity index (χ0) is 27.8. The predicted molar refractivity (Wildman–Crippen MR) is 143 cm³/mol. The number of anilines is 1. The van der Waals surface area contributed by atoms with Crippen molar-refractivity contribution in [1.82, 2.24) is 15.1 Å². The van der Waals surface area contributed by atoms with Gasteiger partial charge < -0.3 is 5.32 Å². The number of nitrogens with zero attached hydrogens (tertiary/aromatic N) is 3. The molecule has 6 nitrogen and oxygen atoms in total. The van der Waals surface area contributed by atoms with Crippen molar-refractivity contribution in [3.8, 4) is 5.69 Å². The number of halogens is 3. The summed E-state index contributed by atoms with van der Waals surface area (Å²) in [5, 5.41) is 6.99. The summed E-state index contributed by atoms with van der Waals surface area (Å²) >= 11 is 1.20. The second-order valence-corrected chi connectivity index (χ2v) is 11.9. The first-order valence-electron chi connectivity index (χ1n) is 12.4. The summed E-state index contributed by atoms with van der Waals surface area (Å²) in [6, 6.07) is 9.01. The van der Waals surface area contributed by atoms with Crippen molar-refractivity contribution in [3.05, 3.63) is 76.7 Å². The van der Waals surface area contributed by atoms with E-state index in [-0.39, 0.29) is 35.6 Å². The number of hydrogen-bond donors (Lipinski definition) is 1. The Morgan fingerprint density at radius 3 is 2.37 bits per heavy atom. The van der Waals surface area contributed by atoms with E-state index in [1.807, 2.05) is 34.6 Å². The summed E-state index contributed by atoms with van der Waals surface area (Å²) in [6.07, 6.45) is 0. The zero-order valence-electron chi connectivity index (χ0n) is 22.0. The summed E-state index contributed by atoms with van der Waals surface area (Å²) in [6.45, 7) is 9.93. The summed E-state index contributed by atoms with van der Waals surface area (Å²) in [5.74, 6) is -2.10. The van der Waals surface area contributed by atoms with Crippen molar-refractivity contribution < 1.29 is 22.8 Å². The molecule has 1 atom stereocenters. The Morgan fingerprint density at radius 2 is 1.76 bits per heavy atom. The average Bonchev–Trinajstić information content (AvgIpc) is 3.17. The topological polar surface area (TPSA) is 67.2 Å². The summed E-state index contributed by atoms with van der Waals surface area (Å²) in [4.78, 5) is 27.8. The van der Waals surface area contributed by atoms with Crippen LogP contribution in [0.5, 0.6) is 0 Å². The molecule has 2 amide bonds. The van der Waals surface area contributed by atoms with Gasteiger partial charge >= 0.3 is 0 Å². The van der Waals surface area contributed by atoms with Crippen molar-refractivity contribution in [1.29, 1.82) is 0 Å². The maximum atomic E-state index is 15.2. The number of nitrogens with one attached hydrogen (secondary N) is 1. The van der Waals surface area contributed by atoms with Crippen LogP contribution in [0.15, 0.2) is 42.5 Å². The van der Waals surface area contributed by atoms with Crippen molar-refractivity contribution in [2.24, 2.45) is 5.92 Å². The van der Waals surface area contributed by atoms with E-state index in [1.54, 1.807) is 0 Å². The highest BCUT2D eigenvalue weighted by Gasteiger charge is 2.40. The molecule has 38 heavy (non-hydrogen) atoms. The third-order valence-corrected chi connectivity index (χ3v) is 7.36. The molecule has 0 saturated carbocycles. The molecule has 1 unspecified atom stereocenters. The van der Waals surface area contributed by atoms with Crippen LogP contribution in [0.2, 0.25) is 0 Å². The molecule has 2 aromatic carbocycles. The van der Waals surface area contributed by atoms with Gasteiger partial charge in [0.25, 0.3) is 0 Å². The highest BCUT2D eigenvalue weighted by molar-refractivity contribution is 8.00. The Hall–Kier alpha value is -3.27. The van der Waals surface area contributed by atoms with E-state index >= 15 is 4.39 Å². The second-order valence-electron chi connectivity index (χ2n) is 10.8. The fourth-order valence-corrected chi connectivity index (χ4v) is 5.53. The molecule has 2 heterocycles. The Kier molecular flexibility index (Phi) is 7.92. The highest BCUT2D eigenvalue weighted by atomic mass is 32.2. The minimum atomic E-state index is -0.738. The van der Waals surface area contributed by atoms with E-state index in [4.69, 9.17) is 5.10 Å². The number of carbonyl (C=O) groups excluding carboxylic acids is 2. The summed E-state index contributed by atoms with van der Waals surface area (Å²) in [7, 11) is 0. The smallest absolute Gasteiger partial charge is 0.240 e. The molecule has 0 fully saturated rings. The number of carbonyl (C=O) groups is 2. The van der Waals surface area contributed by atoms with Crippen molar-refractivity contribution in [3.63, 3.8) is 0 Å². The Labute approximate surface area is 224 Å². The largest absolute Gasteiger partial charge is 0.354 e. The second kappa shape index (κ2) is 10.8. The van der Waals surface area contributed by atoms with Crippen LogP contribution in [0.1, 0.15) is 56.7 Å². The van der Waals surface area contributed by atoms with E-state index in [0.717, 1.165) is 6.07 Å². The number of amides is 2. The van der Waals surface area contributed by atoms with Crippen LogP contribution in [0.3, 0.4) is 0 Å². The van der Waals surface area contributed by atoms with E-state index in [9.17, 15) is 18.4 Å². The van der Waals surface area contributed by atoms with Gasteiger partial charge in [0.05, 0.1) is 22.4 Å². The molecule has 3 aromatic rings. The number of fused-ring (bicyclic) bond motifs is 1. The molecule has 1 aromatic heterocycles. The van der Waals surface area contributed by atoms with Gasteiger partial charge in [0.15, 0.2) is 0 Å². The fourth-order valence-electron chi connectivity index (χ4n) is 4.31. The number of benzene rings is 2. The van der Waals surface area contributed by atoms with Crippen LogP contribution in [-0.4, -0.2) is 40.4 Å². The molecule has 0 radical (unpaired) electrons. The lowest BCUT2D eigenvalue weighted by molar-refractivity contribution is -0.123. The lowest BCUT2D eigenvalue weighted by atomic mass is 9.87. The van der Waals surface area contributed by atoms with E-state index < -0.39 is 28.1 Å². The van der Waals surface area contributed by atoms with Gasteiger partial charge in [-0.3, -0.25) is 14.5 Å². The number of aromatic nitrogens is 2. The van der Waals surface area contributed by atoms with Gasteiger partial charge in [0, 0.05) is 29.2 Å². The average molecular weight is 545 g/mol. The van der Waals surface area contributed by atoms with Gasteiger partial charge in [-0.15, -0.1) is 11.8 Å². The lowest BCUT2D eigenvalue weighted by Crippen LogP contribution is -2.43. The fraction of sp³-hybridized carbons (Fsp3) is 0.393. The molecule has 10 heteroatoms. The number of hydrogen-bond acceptors (Lipinski definition) is 4. The molecule has 0 spiro atoms. The molecule has 1 aliphatic heterocycles. The van der Waals surface area contributed by atoms with Crippen molar-refractivity contribution in [2.45, 2.75) is 45.3 Å². The third-order valence-electron chi connectivity index (χ3n) is 6.12. The van der Waals surface area contributed by atoms with Crippen molar-refractivity contribution >= 4 is 29.4 Å². The highest BCUT2D eigenvalue weighted by Crippen LogP contribution is 2.49. The molecule has 0 saturated heterocycles. The predicted octanol–water partition coefficient (Wildman–Crippen LogP) is 5.53. The molecule has 202 valence electrons. The first-order chi connectivity index (χ1) is 17.9. The van der Waals surface area contributed by atoms with Crippen LogP contribution >= 0.6 is 11.8 Å². The lowest BCUT2D eigenvalue weighted by Gasteiger charge is -2.25. The molecule has 4 rings (SSSR count). The first kappa shape index (κ1) is 27.8. The molecule has 1 N–H and O–H groups in total. The molecule has 0 bridgehead atoms. The van der Waals surface area contributed by atoms with Gasteiger partial charge in [-0.25, -0.2) is 17.9 Å². The number of thioether (sulfide) groups is 1. The molecule has 1 aliphatic rings. The maximum absolute atomic E-state index is 15.2. The minimum Gasteiger partial charge on any atom is -0.354 e. The Balaban J connectivity index is 1.98. The maximum Gasteiger partial charge on any atom is 0.240 e. The normalized spacial score (nSPS) is 16.0. The first-order valence-corrected chi connectivity index (χ1v) is 13.4.